The van der Waals surface area contributed by atoms with E-state index in [1.807, 2.05) is 29.2 Å². The maximum absolute atomic E-state index is 12.8. The number of nitrogens with one attached hydrogen (secondary N) is 1. The number of hydrogen-bond donors (Lipinski definition) is 1. The zero-order valence-corrected chi connectivity index (χ0v) is 12.3. The van der Waals surface area contributed by atoms with Gasteiger partial charge in [-0.2, -0.15) is 0 Å². The van der Waals surface area contributed by atoms with Crippen molar-refractivity contribution in [3.63, 3.8) is 0 Å². The van der Waals surface area contributed by atoms with Gasteiger partial charge in [0.2, 0.25) is 0 Å². The quantitative estimate of drug-likeness (QED) is 0.697. The molecule has 1 aliphatic carbocycles. The molecule has 4 rings (SSSR count). The normalized spacial score (nSPS) is 19.9. The van der Waals surface area contributed by atoms with E-state index in [1.54, 1.807) is 12.1 Å². The van der Waals surface area contributed by atoms with Crippen LogP contribution < -0.4 is 5.32 Å². The number of carbonyl (C=O) groups is 1. The van der Waals surface area contributed by atoms with Crippen LogP contribution in [-0.2, 0) is 0 Å². The molecule has 1 aliphatic heterocycles. The van der Waals surface area contributed by atoms with Crippen LogP contribution in [0.1, 0.15) is 34.9 Å². The first-order valence-corrected chi connectivity index (χ1v) is 7.58. The third kappa shape index (κ3) is 2.32. The van der Waals surface area contributed by atoms with Gasteiger partial charge in [-0.3, -0.25) is 14.9 Å². The first-order valence-electron chi connectivity index (χ1n) is 7.58. The molecular weight excluding hydrogens is 294 g/mol. The highest BCUT2D eigenvalue weighted by Crippen LogP contribution is 2.40. The third-order valence-corrected chi connectivity index (χ3v) is 4.32. The number of benzene rings is 2. The molecule has 1 atom stereocenters. The van der Waals surface area contributed by atoms with Gasteiger partial charge in [-0.1, -0.05) is 12.1 Å². The first-order chi connectivity index (χ1) is 11.1. The van der Waals surface area contributed by atoms with Gasteiger partial charge >= 0.3 is 0 Å². The van der Waals surface area contributed by atoms with Gasteiger partial charge < -0.3 is 10.2 Å². The summed E-state index contributed by atoms with van der Waals surface area (Å²) in [6, 6.07) is 14.1. The van der Waals surface area contributed by atoms with Crippen molar-refractivity contribution in [1.29, 1.82) is 0 Å². The standard InChI is InChI=1S/C17H15N3O3/c21-17-14-3-1-2-4-15(14)18-16(19(17)12-9-10-12)11-5-7-13(8-6-11)20(22)23/h1-8,12,16,18H,9-10H2/t16-/m0/s1. The van der Waals surface area contributed by atoms with Gasteiger partial charge in [0.1, 0.15) is 6.17 Å². The Morgan fingerprint density at radius 2 is 1.78 bits per heavy atom. The van der Waals surface area contributed by atoms with Crippen LogP contribution in [0.3, 0.4) is 0 Å². The Balaban J connectivity index is 1.74. The maximum Gasteiger partial charge on any atom is 0.269 e. The monoisotopic (exact) mass is 309 g/mol. The summed E-state index contributed by atoms with van der Waals surface area (Å²) in [5.41, 5.74) is 2.38. The van der Waals surface area contributed by atoms with Crippen molar-refractivity contribution in [3.05, 3.63) is 69.8 Å². The minimum atomic E-state index is -0.419. The zero-order valence-electron chi connectivity index (χ0n) is 12.3. The minimum absolute atomic E-state index is 0.0187. The van der Waals surface area contributed by atoms with E-state index in [0.29, 0.717) is 5.56 Å². The Morgan fingerprint density at radius 1 is 1.09 bits per heavy atom. The van der Waals surface area contributed by atoms with Crippen LogP contribution in [0.15, 0.2) is 48.5 Å². The van der Waals surface area contributed by atoms with Gasteiger partial charge in [-0.25, -0.2) is 0 Å². The summed E-state index contributed by atoms with van der Waals surface area (Å²) in [5, 5.41) is 14.2. The lowest BCUT2D eigenvalue weighted by Crippen LogP contribution is -2.44. The van der Waals surface area contributed by atoms with Crippen LogP contribution in [0.4, 0.5) is 11.4 Å². The third-order valence-electron chi connectivity index (χ3n) is 4.32. The van der Waals surface area contributed by atoms with Crippen LogP contribution in [0.2, 0.25) is 0 Å². The number of hydrogen-bond acceptors (Lipinski definition) is 4. The van der Waals surface area contributed by atoms with Crippen LogP contribution >= 0.6 is 0 Å². The number of fused-ring (bicyclic) bond motifs is 1. The number of amides is 1. The minimum Gasteiger partial charge on any atom is -0.361 e. The molecule has 6 heteroatoms. The molecule has 2 aromatic carbocycles. The molecule has 116 valence electrons. The summed E-state index contributed by atoms with van der Waals surface area (Å²) >= 11 is 0. The topological polar surface area (TPSA) is 75.5 Å². The molecule has 2 aromatic rings. The number of nitro benzene ring substituents is 1. The molecule has 1 amide bonds. The van der Waals surface area contributed by atoms with Crippen molar-refractivity contribution in [3.8, 4) is 0 Å². The Labute approximate surface area is 132 Å². The van der Waals surface area contributed by atoms with E-state index in [0.717, 1.165) is 24.1 Å². The molecular formula is C17H15N3O3. The first kappa shape index (κ1) is 13.8. The highest BCUT2D eigenvalue weighted by Gasteiger charge is 2.41. The molecule has 0 aromatic heterocycles. The van der Waals surface area contributed by atoms with Gasteiger partial charge in [0, 0.05) is 23.9 Å². The van der Waals surface area contributed by atoms with Crippen molar-refractivity contribution in [1.82, 2.24) is 4.90 Å². The average molecular weight is 309 g/mol. The van der Waals surface area contributed by atoms with E-state index in [-0.39, 0.29) is 23.8 Å². The molecule has 1 heterocycles. The van der Waals surface area contributed by atoms with Gasteiger partial charge in [0.05, 0.1) is 10.5 Å². The molecule has 0 unspecified atom stereocenters. The number of nitro groups is 1. The second kappa shape index (κ2) is 5.08. The van der Waals surface area contributed by atoms with Crippen LogP contribution in [0.25, 0.3) is 0 Å². The molecule has 0 radical (unpaired) electrons. The van der Waals surface area contributed by atoms with Crippen molar-refractivity contribution >= 4 is 17.3 Å². The summed E-state index contributed by atoms with van der Waals surface area (Å²) in [6.45, 7) is 0. The summed E-state index contributed by atoms with van der Waals surface area (Å²) in [5.74, 6) is 0.0187. The lowest BCUT2D eigenvalue weighted by atomic mass is 10.0. The van der Waals surface area contributed by atoms with E-state index in [4.69, 9.17) is 0 Å². The Hall–Kier alpha value is -2.89. The molecule has 0 spiro atoms. The smallest absolute Gasteiger partial charge is 0.269 e. The molecule has 1 saturated carbocycles. The van der Waals surface area contributed by atoms with Crippen molar-refractivity contribution in [2.24, 2.45) is 0 Å². The number of carbonyl (C=O) groups excluding carboxylic acids is 1. The molecule has 1 fully saturated rings. The summed E-state index contributed by atoms with van der Waals surface area (Å²) in [6.07, 6.45) is 1.71. The van der Waals surface area contributed by atoms with Crippen LogP contribution in [0.5, 0.6) is 0 Å². The summed E-state index contributed by atoms with van der Waals surface area (Å²) in [7, 11) is 0. The number of nitrogens with zero attached hydrogens (tertiary/aromatic N) is 2. The fraction of sp³-hybridized carbons (Fsp3) is 0.235. The van der Waals surface area contributed by atoms with Crippen molar-refractivity contribution < 1.29 is 9.72 Å². The van der Waals surface area contributed by atoms with E-state index in [2.05, 4.69) is 5.32 Å². The van der Waals surface area contributed by atoms with Crippen molar-refractivity contribution in [2.75, 3.05) is 5.32 Å². The Kier molecular flexibility index (Phi) is 3.04. The fourth-order valence-corrected chi connectivity index (χ4v) is 3.02. The number of para-hydroxylation sites is 1. The molecule has 0 saturated heterocycles. The van der Waals surface area contributed by atoms with Gasteiger partial charge in [0.25, 0.3) is 11.6 Å². The maximum atomic E-state index is 12.8. The van der Waals surface area contributed by atoms with Gasteiger partial charge in [-0.15, -0.1) is 0 Å². The second-order valence-corrected chi connectivity index (χ2v) is 5.88. The highest BCUT2D eigenvalue weighted by molar-refractivity contribution is 6.02. The molecule has 6 nitrogen and oxygen atoms in total. The van der Waals surface area contributed by atoms with Crippen LogP contribution in [-0.4, -0.2) is 21.8 Å². The highest BCUT2D eigenvalue weighted by atomic mass is 16.6. The summed E-state index contributed by atoms with van der Waals surface area (Å²) < 4.78 is 0. The Bertz CT molecular complexity index is 784. The second-order valence-electron chi connectivity index (χ2n) is 5.88. The van der Waals surface area contributed by atoms with E-state index in [1.165, 1.54) is 12.1 Å². The summed E-state index contributed by atoms with van der Waals surface area (Å²) in [4.78, 5) is 25.1. The van der Waals surface area contributed by atoms with E-state index >= 15 is 0 Å². The van der Waals surface area contributed by atoms with Crippen molar-refractivity contribution in [2.45, 2.75) is 25.0 Å². The largest absolute Gasteiger partial charge is 0.361 e. The zero-order chi connectivity index (χ0) is 16.0. The SMILES string of the molecule is O=C1c2ccccc2N[C@H](c2ccc([N+](=O)[O-])cc2)N1C1CC1. The number of rotatable bonds is 3. The van der Waals surface area contributed by atoms with Gasteiger partial charge in [-0.05, 0) is 42.7 Å². The lowest BCUT2D eigenvalue weighted by molar-refractivity contribution is -0.384. The lowest BCUT2D eigenvalue weighted by Gasteiger charge is -2.38. The Morgan fingerprint density at radius 3 is 2.43 bits per heavy atom. The molecule has 23 heavy (non-hydrogen) atoms. The van der Waals surface area contributed by atoms with Gasteiger partial charge in [0.15, 0.2) is 0 Å². The predicted molar refractivity (Wildman–Crippen MR) is 85.1 cm³/mol. The average Bonchev–Trinajstić information content (AvgIpc) is 3.39. The predicted octanol–water partition coefficient (Wildman–Crippen LogP) is 3.32. The number of non-ortho nitro benzene ring substituents is 1. The molecule has 0 bridgehead atoms. The fourth-order valence-electron chi connectivity index (χ4n) is 3.02. The molecule has 2 aliphatic rings. The van der Waals surface area contributed by atoms with E-state index in [9.17, 15) is 14.9 Å². The van der Waals surface area contributed by atoms with E-state index < -0.39 is 4.92 Å². The van der Waals surface area contributed by atoms with Crippen LogP contribution in [0, 0.1) is 10.1 Å². The molecule has 1 N–H and O–H groups in total. The number of anilines is 1.